The van der Waals surface area contributed by atoms with Gasteiger partial charge in [-0.05, 0) is 74.0 Å². The Labute approximate surface area is 167 Å². The van der Waals surface area contributed by atoms with Gasteiger partial charge < -0.3 is 0 Å². The molecule has 0 saturated heterocycles. The van der Waals surface area contributed by atoms with Crippen LogP contribution in [0.5, 0.6) is 0 Å². The lowest BCUT2D eigenvalue weighted by molar-refractivity contribution is -0.0103. The van der Waals surface area contributed by atoms with Gasteiger partial charge in [0.2, 0.25) is 4.96 Å². The molecule has 0 atom stereocenters. The van der Waals surface area contributed by atoms with Crippen molar-refractivity contribution in [3.63, 3.8) is 0 Å². The normalized spacial score (nSPS) is 32.1. The minimum absolute atomic E-state index is 0.214. The van der Waals surface area contributed by atoms with E-state index in [2.05, 4.69) is 10.2 Å². The molecule has 6 heteroatoms. The van der Waals surface area contributed by atoms with Gasteiger partial charge in [-0.1, -0.05) is 47.2 Å². The van der Waals surface area contributed by atoms with Crippen LogP contribution < -0.4 is 0 Å². The third-order valence-corrected chi connectivity index (χ3v) is 8.04. The molecule has 27 heavy (non-hydrogen) atoms. The van der Waals surface area contributed by atoms with Crippen LogP contribution in [0.4, 0.5) is 0 Å². The van der Waals surface area contributed by atoms with Gasteiger partial charge in [0.05, 0.1) is 0 Å². The summed E-state index contributed by atoms with van der Waals surface area (Å²) in [5.41, 5.74) is 1.22. The molecule has 4 saturated carbocycles. The molecular weight excluding hydrogens is 376 g/mol. The van der Waals surface area contributed by atoms with Gasteiger partial charge in [-0.15, -0.1) is 10.2 Å². The Morgan fingerprint density at radius 2 is 1.70 bits per heavy atom. The second kappa shape index (κ2) is 5.89. The Balaban J connectivity index is 1.36. The number of hydrogen-bond acceptors (Lipinski definition) is 4. The van der Waals surface area contributed by atoms with Crippen molar-refractivity contribution in [3.8, 4) is 0 Å². The van der Waals surface area contributed by atoms with Gasteiger partial charge in [-0.3, -0.25) is 0 Å². The molecule has 2 aromatic heterocycles. The van der Waals surface area contributed by atoms with Gasteiger partial charge in [-0.25, -0.2) is 0 Å². The molecule has 1 aromatic carbocycles. The molecule has 4 bridgehead atoms. The van der Waals surface area contributed by atoms with E-state index in [-0.39, 0.29) is 5.41 Å². The number of hydrogen-bond donors (Lipinski definition) is 0. The first-order chi connectivity index (χ1) is 13.2. The van der Waals surface area contributed by atoms with Gasteiger partial charge in [0.25, 0.3) is 0 Å². The summed E-state index contributed by atoms with van der Waals surface area (Å²) in [5.74, 6) is 3.79. The molecule has 2 heterocycles. The number of benzene rings is 1. The molecule has 0 unspecified atom stereocenters. The molecule has 7 rings (SSSR count). The first-order valence-electron chi connectivity index (χ1n) is 9.84. The molecular formula is C21H21ClN4S. The number of rotatable bonds is 3. The van der Waals surface area contributed by atoms with Crippen molar-refractivity contribution in [1.29, 1.82) is 0 Å². The number of fused-ring (bicyclic) bond motifs is 1. The van der Waals surface area contributed by atoms with Crippen molar-refractivity contribution >= 4 is 40.1 Å². The molecule has 0 amide bonds. The highest BCUT2D eigenvalue weighted by molar-refractivity contribution is 7.17. The van der Waals surface area contributed by atoms with E-state index in [0.717, 1.165) is 44.1 Å². The van der Waals surface area contributed by atoms with E-state index in [1.807, 2.05) is 40.9 Å². The van der Waals surface area contributed by atoms with Crippen molar-refractivity contribution in [1.82, 2.24) is 19.8 Å². The van der Waals surface area contributed by atoms with Gasteiger partial charge in [0.1, 0.15) is 5.01 Å². The van der Waals surface area contributed by atoms with Crippen molar-refractivity contribution in [2.24, 2.45) is 17.8 Å². The first-order valence-corrected chi connectivity index (χ1v) is 11.0. The van der Waals surface area contributed by atoms with Gasteiger partial charge in [-0.2, -0.15) is 9.61 Å². The molecule has 0 spiro atoms. The predicted molar refractivity (Wildman–Crippen MR) is 109 cm³/mol. The summed E-state index contributed by atoms with van der Waals surface area (Å²) in [7, 11) is 0. The summed E-state index contributed by atoms with van der Waals surface area (Å²) < 4.78 is 2.03. The molecule has 0 aliphatic heterocycles. The average Bonchev–Trinajstić information content (AvgIpc) is 3.20. The van der Waals surface area contributed by atoms with Crippen LogP contribution in [0.3, 0.4) is 0 Å². The van der Waals surface area contributed by atoms with Gasteiger partial charge >= 0.3 is 0 Å². The molecule has 3 aromatic rings. The Bertz CT molecular complexity index is 1010. The Hall–Kier alpha value is -1.72. The summed E-state index contributed by atoms with van der Waals surface area (Å²) in [6, 6.07) is 7.86. The Morgan fingerprint density at radius 3 is 2.41 bits per heavy atom. The number of aromatic nitrogens is 4. The summed E-state index contributed by atoms with van der Waals surface area (Å²) in [6.45, 7) is 0. The Morgan fingerprint density at radius 1 is 1.00 bits per heavy atom. The highest BCUT2D eigenvalue weighted by atomic mass is 35.5. The SMILES string of the molecule is Clc1ccccc1/C=C/c1nn2c(C34CC5CC(CC(C5)C3)C4)nnc2s1. The fourth-order valence-electron chi connectivity index (χ4n) is 6.19. The van der Waals surface area contributed by atoms with Crippen LogP contribution >= 0.6 is 22.9 Å². The topological polar surface area (TPSA) is 43.1 Å². The zero-order valence-corrected chi connectivity index (χ0v) is 16.6. The molecule has 4 aliphatic rings. The molecule has 0 radical (unpaired) electrons. The third-order valence-electron chi connectivity index (χ3n) is 6.83. The van der Waals surface area contributed by atoms with Crippen LogP contribution in [0, 0.1) is 17.8 Å². The van der Waals surface area contributed by atoms with E-state index in [9.17, 15) is 0 Å². The molecule has 4 aliphatic carbocycles. The van der Waals surface area contributed by atoms with Gasteiger partial charge in [0.15, 0.2) is 5.82 Å². The fourth-order valence-corrected chi connectivity index (χ4v) is 7.13. The minimum atomic E-state index is 0.214. The summed E-state index contributed by atoms with van der Waals surface area (Å²) >= 11 is 7.85. The van der Waals surface area contributed by atoms with Crippen molar-refractivity contribution in [2.45, 2.75) is 43.9 Å². The Kier molecular flexibility index (Phi) is 3.54. The van der Waals surface area contributed by atoms with Crippen LogP contribution in [0.15, 0.2) is 24.3 Å². The van der Waals surface area contributed by atoms with E-state index in [1.165, 1.54) is 38.5 Å². The highest BCUT2D eigenvalue weighted by Gasteiger charge is 2.54. The molecule has 0 N–H and O–H groups in total. The lowest BCUT2D eigenvalue weighted by atomic mass is 9.49. The first kappa shape index (κ1) is 16.3. The summed E-state index contributed by atoms with van der Waals surface area (Å²) in [5, 5.41) is 15.7. The van der Waals surface area contributed by atoms with Crippen molar-refractivity contribution in [2.75, 3.05) is 0 Å². The highest BCUT2D eigenvalue weighted by Crippen LogP contribution is 2.60. The van der Waals surface area contributed by atoms with Crippen LogP contribution in [0.2, 0.25) is 5.02 Å². The predicted octanol–water partition coefficient (Wildman–Crippen LogP) is 5.48. The molecule has 4 fully saturated rings. The lowest BCUT2D eigenvalue weighted by Gasteiger charge is -2.55. The van der Waals surface area contributed by atoms with Crippen LogP contribution in [-0.2, 0) is 5.41 Å². The zero-order valence-electron chi connectivity index (χ0n) is 15.0. The maximum absolute atomic E-state index is 6.25. The van der Waals surface area contributed by atoms with E-state index >= 15 is 0 Å². The molecule has 4 nitrogen and oxygen atoms in total. The minimum Gasteiger partial charge on any atom is -0.186 e. The second-order valence-corrected chi connectivity index (χ2v) is 10.1. The maximum atomic E-state index is 6.25. The standard InChI is InChI=1S/C21H21ClN4S/c22-17-4-2-1-3-16(17)5-6-18-25-26-19(23-24-20(26)27-18)21-10-13-7-14(11-21)9-15(8-13)12-21/h1-6,13-15H,7-12H2/b6-5+. The van der Waals surface area contributed by atoms with Crippen LogP contribution in [0.1, 0.15) is 54.9 Å². The van der Waals surface area contributed by atoms with E-state index in [0.29, 0.717) is 0 Å². The fraction of sp³-hybridized carbons (Fsp3) is 0.476. The smallest absolute Gasteiger partial charge is 0.186 e. The van der Waals surface area contributed by atoms with Crippen molar-refractivity contribution < 1.29 is 0 Å². The summed E-state index contributed by atoms with van der Waals surface area (Å²) in [6.07, 6.45) is 12.2. The van der Waals surface area contributed by atoms with Crippen LogP contribution in [-0.4, -0.2) is 19.8 Å². The quantitative estimate of drug-likeness (QED) is 0.588. The second-order valence-electron chi connectivity index (χ2n) is 8.71. The number of halogens is 1. The zero-order chi connectivity index (χ0) is 18.0. The van der Waals surface area contributed by atoms with E-state index < -0.39 is 0 Å². The van der Waals surface area contributed by atoms with E-state index in [4.69, 9.17) is 16.7 Å². The lowest BCUT2D eigenvalue weighted by Crippen LogP contribution is -2.49. The average molecular weight is 397 g/mol. The molecule has 138 valence electrons. The third kappa shape index (κ3) is 2.59. The monoisotopic (exact) mass is 396 g/mol. The van der Waals surface area contributed by atoms with E-state index in [1.54, 1.807) is 11.3 Å². The number of nitrogens with zero attached hydrogens (tertiary/aromatic N) is 4. The van der Waals surface area contributed by atoms with Crippen LogP contribution in [0.25, 0.3) is 17.1 Å². The van der Waals surface area contributed by atoms with Gasteiger partial charge in [0, 0.05) is 10.4 Å². The largest absolute Gasteiger partial charge is 0.234 e. The summed E-state index contributed by atoms with van der Waals surface area (Å²) in [4.78, 5) is 0.902. The van der Waals surface area contributed by atoms with Crippen molar-refractivity contribution in [3.05, 3.63) is 45.7 Å². The maximum Gasteiger partial charge on any atom is 0.234 e.